The molecule has 1 N–H and O–H groups in total. The summed E-state index contributed by atoms with van der Waals surface area (Å²) in [6, 6.07) is 4.85. The van der Waals surface area contributed by atoms with Gasteiger partial charge in [-0.3, -0.25) is 14.4 Å². The summed E-state index contributed by atoms with van der Waals surface area (Å²) in [7, 11) is 4.61. The fourth-order valence-electron chi connectivity index (χ4n) is 2.84. The molecule has 0 unspecified atom stereocenters. The number of carbonyl (C=O) groups is 2. The highest BCUT2D eigenvalue weighted by Crippen LogP contribution is 2.29. The van der Waals surface area contributed by atoms with E-state index in [1.807, 2.05) is 0 Å². The van der Waals surface area contributed by atoms with E-state index >= 15 is 0 Å². The minimum atomic E-state index is -0.408. The highest BCUT2D eigenvalue weighted by molar-refractivity contribution is 7.20. The summed E-state index contributed by atoms with van der Waals surface area (Å²) >= 11 is 7.11. The van der Waals surface area contributed by atoms with Crippen LogP contribution in [0, 0.1) is 6.92 Å². The molecule has 3 rings (SSSR count). The molecule has 3 aromatic rings. The van der Waals surface area contributed by atoms with Gasteiger partial charge in [-0.1, -0.05) is 11.6 Å². The third-order valence-electron chi connectivity index (χ3n) is 4.37. The highest BCUT2D eigenvalue weighted by Gasteiger charge is 2.23. The van der Waals surface area contributed by atoms with Crippen LogP contribution in [-0.4, -0.2) is 47.0 Å². The average molecular weight is 435 g/mol. The second-order valence-electron chi connectivity index (χ2n) is 6.45. The zero-order valence-corrected chi connectivity index (χ0v) is 17.8. The van der Waals surface area contributed by atoms with Crippen LogP contribution >= 0.6 is 22.9 Å². The largest absolute Gasteiger partial charge is 0.495 e. The first-order valence-electron chi connectivity index (χ1n) is 8.56. The van der Waals surface area contributed by atoms with E-state index in [-0.39, 0.29) is 18.0 Å². The van der Waals surface area contributed by atoms with Crippen LogP contribution in [-0.2, 0) is 11.8 Å². The van der Waals surface area contributed by atoms with E-state index in [9.17, 15) is 14.4 Å². The lowest BCUT2D eigenvalue weighted by Gasteiger charge is -2.17. The van der Waals surface area contributed by atoms with Gasteiger partial charge in [-0.2, -0.15) is 0 Å². The van der Waals surface area contributed by atoms with Crippen LogP contribution in [0.25, 0.3) is 10.2 Å². The number of hydrogen-bond donors (Lipinski definition) is 1. The number of carbonyl (C=O) groups excluding carboxylic acids is 2. The maximum absolute atomic E-state index is 12.9. The van der Waals surface area contributed by atoms with Crippen molar-refractivity contribution in [2.45, 2.75) is 6.92 Å². The van der Waals surface area contributed by atoms with E-state index in [0.717, 1.165) is 11.3 Å². The molecule has 29 heavy (non-hydrogen) atoms. The summed E-state index contributed by atoms with van der Waals surface area (Å²) in [6.45, 7) is 1.52. The number of thiophene rings is 1. The van der Waals surface area contributed by atoms with E-state index in [1.54, 1.807) is 32.2 Å². The van der Waals surface area contributed by atoms with Crippen LogP contribution < -0.4 is 15.6 Å². The molecule has 0 bridgehead atoms. The molecule has 8 nitrogen and oxygen atoms in total. The normalized spacial score (nSPS) is 10.8. The predicted octanol–water partition coefficient (Wildman–Crippen LogP) is 2.68. The zero-order valence-electron chi connectivity index (χ0n) is 16.3. The summed E-state index contributed by atoms with van der Waals surface area (Å²) in [5, 5.41) is 3.56. The molecule has 0 saturated carbocycles. The summed E-state index contributed by atoms with van der Waals surface area (Å²) in [5.74, 6) is -0.311. The monoisotopic (exact) mass is 434 g/mol. The van der Waals surface area contributed by atoms with Crippen LogP contribution in [0.15, 0.2) is 29.3 Å². The van der Waals surface area contributed by atoms with Gasteiger partial charge in [0.2, 0.25) is 5.91 Å². The average Bonchev–Trinajstić information content (AvgIpc) is 3.01. The van der Waals surface area contributed by atoms with Gasteiger partial charge in [-0.25, -0.2) is 4.98 Å². The number of likely N-dealkylation sites (N-methyl/N-ethyl adjacent to an activating group) is 1. The van der Waals surface area contributed by atoms with Gasteiger partial charge in [0, 0.05) is 19.1 Å². The summed E-state index contributed by atoms with van der Waals surface area (Å²) < 4.78 is 6.57. The van der Waals surface area contributed by atoms with Crippen molar-refractivity contribution in [2.24, 2.45) is 7.05 Å². The Morgan fingerprint density at radius 1 is 1.38 bits per heavy atom. The number of rotatable bonds is 5. The number of hydrogen-bond acceptors (Lipinski definition) is 6. The second-order valence-corrected chi connectivity index (χ2v) is 7.89. The number of aryl methyl sites for hydroxylation is 2. The first-order chi connectivity index (χ1) is 13.7. The van der Waals surface area contributed by atoms with Gasteiger partial charge in [0.05, 0.1) is 35.9 Å². The molecule has 0 spiro atoms. The molecular weight excluding hydrogens is 416 g/mol. The number of halogens is 1. The molecule has 0 aliphatic carbocycles. The Hall–Kier alpha value is -2.91. The predicted molar refractivity (Wildman–Crippen MR) is 113 cm³/mol. The maximum atomic E-state index is 12.9. The topological polar surface area (TPSA) is 93.5 Å². The number of aromatic nitrogens is 2. The number of nitrogens with one attached hydrogen (secondary N) is 1. The highest BCUT2D eigenvalue weighted by atomic mass is 35.5. The lowest BCUT2D eigenvalue weighted by Crippen LogP contribution is -2.35. The van der Waals surface area contributed by atoms with E-state index in [0.29, 0.717) is 37.1 Å². The smallest absolute Gasteiger partial charge is 0.264 e. The zero-order chi connectivity index (χ0) is 21.3. The van der Waals surface area contributed by atoms with Crippen molar-refractivity contribution in [2.75, 3.05) is 26.0 Å². The Balaban J connectivity index is 1.79. The first kappa shape index (κ1) is 20.8. The van der Waals surface area contributed by atoms with Crippen molar-refractivity contribution >= 4 is 50.7 Å². The molecule has 10 heteroatoms. The van der Waals surface area contributed by atoms with Crippen molar-refractivity contribution in [3.63, 3.8) is 0 Å². The molecule has 0 aliphatic heterocycles. The number of methoxy groups -OCH3 is 1. The second kappa shape index (κ2) is 8.22. The van der Waals surface area contributed by atoms with Crippen LogP contribution in [0.4, 0.5) is 5.69 Å². The Bertz CT molecular complexity index is 1170. The fraction of sp³-hybridized carbons (Fsp3) is 0.263. The van der Waals surface area contributed by atoms with Crippen molar-refractivity contribution in [3.8, 4) is 5.75 Å². The first-order valence-corrected chi connectivity index (χ1v) is 9.76. The SMILES string of the molecule is COc1ccc(Cl)cc1NC(=O)CN(C)C(=O)c1sc2ncn(C)c(=O)c2c1C. The van der Waals surface area contributed by atoms with Crippen molar-refractivity contribution < 1.29 is 14.3 Å². The third-order valence-corrected chi connectivity index (χ3v) is 5.79. The summed E-state index contributed by atoms with van der Waals surface area (Å²) in [4.78, 5) is 44.0. The molecule has 2 amide bonds. The number of fused-ring (bicyclic) bond motifs is 1. The van der Waals surface area contributed by atoms with E-state index in [2.05, 4.69) is 10.3 Å². The van der Waals surface area contributed by atoms with Gasteiger partial charge in [-0.15, -0.1) is 11.3 Å². The van der Waals surface area contributed by atoms with Gasteiger partial charge in [0.25, 0.3) is 11.5 Å². The standard InChI is InChI=1S/C19H19ClN4O4S/c1-10-15-17(21-9-24(3)18(15)26)29-16(10)19(27)23(2)8-14(25)22-12-7-11(20)5-6-13(12)28-4/h5-7,9H,8H2,1-4H3,(H,22,25). The molecular formula is C19H19ClN4O4S. The molecule has 152 valence electrons. The molecule has 1 aromatic carbocycles. The number of anilines is 1. The van der Waals surface area contributed by atoms with E-state index < -0.39 is 5.91 Å². The quantitative estimate of drug-likeness (QED) is 0.666. The summed E-state index contributed by atoms with van der Waals surface area (Å²) in [6.07, 6.45) is 1.42. The number of amides is 2. The van der Waals surface area contributed by atoms with Crippen LogP contribution in [0.3, 0.4) is 0 Å². The van der Waals surface area contributed by atoms with Gasteiger partial charge >= 0.3 is 0 Å². The van der Waals surface area contributed by atoms with Gasteiger partial charge in [0.1, 0.15) is 10.6 Å². The van der Waals surface area contributed by atoms with Gasteiger partial charge in [-0.05, 0) is 30.7 Å². The Morgan fingerprint density at radius 3 is 2.79 bits per heavy atom. The Kier molecular flexibility index (Phi) is 5.90. The van der Waals surface area contributed by atoms with Crippen LogP contribution in [0.2, 0.25) is 5.02 Å². The van der Waals surface area contributed by atoms with Gasteiger partial charge < -0.3 is 19.5 Å². The van der Waals surface area contributed by atoms with E-state index in [1.165, 1.54) is 30.0 Å². The minimum Gasteiger partial charge on any atom is -0.495 e. The molecule has 0 atom stereocenters. The molecule has 2 aromatic heterocycles. The fourth-order valence-corrected chi connectivity index (χ4v) is 4.15. The van der Waals surface area contributed by atoms with Crippen LogP contribution in [0.5, 0.6) is 5.75 Å². The van der Waals surface area contributed by atoms with Crippen LogP contribution in [0.1, 0.15) is 15.2 Å². The van der Waals surface area contributed by atoms with Crippen molar-refractivity contribution in [3.05, 3.63) is 50.3 Å². The van der Waals surface area contributed by atoms with Gasteiger partial charge in [0.15, 0.2) is 0 Å². The van der Waals surface area contributed by atoms with Crippen molar-refractivity contribution in [1.82, 2.24) is 14.5 Å². The van der Waals surface area contributed by atoms with E-state index in [4.69, 9.17) is 16.3 Å². The molecule has 2 heterocycles. The Labute approximate surface area is 175 Å². The maximum Gasteiger partial charge on any atom is 0.264 e. The summed E-state index contributed by atoms with van der Waals surface area (Å²) in [5.41, 5.74) is 0.764. The Morgan fingerprint density at radius 2 is 2.10 bits per heavy atom. The lowest BCUT2D eigenvalue weighted by molar-refractivity contribution is -0.116. The molecule has 0 aliphatic rings. The number of ether oxygens (including phenoxy) is 1. The molecule has 0 saturated heterocycles. The van der Waals surface area contributed by atoms with Crippen molar-refractivity contribution in [1.29, 1.82) is 0 Å². The number of benzene rings is 1. The minimum absolute atomic E-state index is 0.187. The number of nitrogens with zero attached hydrogens (tertiary/aromatic N) is 3. The lowest BCUT2D eigenvalue weighted by atomic mass is 10.2. The molecule has 0 radical (unpaired) electrons. The third kappa shape index (κ3) is 4.10. The molecule has 0 fully saturated rings.